The Bertz CT molecular complexity index is 806. The molecule has 1 spiro atoms. The Morgan fingerprint density at radius 2 is 2.15 bits per heavy atom. The molecular weight excluding hydrogens is 340 g/mol. The van der Waals surface area contributed by atoms with E-state index in [-0.39, 0.29) is 11.3 Å². The Kier molecular flexibility index (Phi) is 4.68. The van der Waals surface area contributed by atoms with Crippen molar-refractivity contribution in [1.29, 1.82) is 0 Å². The highest BCUT2D eigenvalue weighted by atomic mass is 16.2. The molecule has 1 atom stereocenters. The van der Waals surface area contributed by atoms with Crippen LogP contribution in [-0.4, -0.2) is 45.4 Å². The molecule has 142 valence electrons. The summed E-state index contributed by atoms with van der Waals surface area (Å²) in [7, 11) is 0. The lowest BCUT2D eigenvalue weighted by atomic mass is 9.73. The molecule has 0 aromatic carbocycles. The Balaban J connectivity index is 1.52. The minimum absolute atomic E-state index is 0.113. The molecule has 2 aromatic heterocycles. The van der Waals surface area contributed by atoms with Crippen molar-refractivity contribution >= 4 is 17.7 Å². The summed E-state index contributed by atoms with van der Waals surface area (Å²) in [6.07, 6.45) is 7.38. The van der Waals surface area contributed by atoms with Gasteiger partial charge in [-0.05, 0) is 37.8 Å². The highest BCUT2D eigenvalue weighted by Gasteiger charge is 2.42. The van der Waals surface area contributed by atoms with Gasteiger partial charge in [-0.1, -0.05) is 6.07 Å². The number of nitrogens with zero attached hydrogens (tertiary/aromatic N) is 5. The number of anilines is 2. The van der Waals surface area contributed by atoms with Gasteiger partial charge in [0.1, 0.15) is 5.82 Å². The molecule has 2 N–H and O–H groups in total. The number of nitrogens with two attached hydrogens (primary N) is 1. The number of pyridine rings is 1. The van der Waals surface area contributed by atoms with E-state index in [0.29, 0.717) is 18.9 Å². The first kappa shape index (κ1) is 17.7. The molecule has 27 heavy (non-hydrogen) atoms. The summed E-state index contributed by atoms with van der Waals surface area (Å²) >= 11 is 0. The summed E-state index contributed by atoms with van der Waals surface area (Å²) in [5.41, 5.74) is 7.93. The number of carbonyl (C=O) groups excluding carboxylic acids is 1. The van der Waals surface area contributed by atoms with E-state index < -0.39 is 0 Å². The number of aromatic nitrogens is 3. The van der Waals surface area contributed by atoms with Crippen LogP contribution >= 0.6 is 0 Å². The van der Waals surface area contributed by atoms with Gasteiger partial charge in [-0.15, -0.1) is 0 Å². The number of likely N-dealkylation sites (tertiary alicyclic amines) is 1. The lowest BCUT2D eigenvalue weighted by Crippen LogP contribution is -2.54. The first-order valence-electron chi connectivity index (χ1n) is 9.56. The van der Waals surface area contributed by atoms with Gasteiger partial charge in [0, 0.05) is 62.2 Å². The maximum atomic E-state index is 12.5. The zero-order valence-electron chi connectivity index (χ0n) is 15.8. The molecule has 2 fully saturated rings. The molecule has 0 radical (unpaired) electrons. The standard InChI is InChI=1S/C20H26N6O/c1-15-10-17(24-19(21)23-15)25-9-3-6-20(13-25)7-5-18(27)26(14-20)12-16-4-2-8-22-11-16/h2,4,8,10-11H,3,5-7,9,12-14H2,1H3,(H2,21,23,24)/t20-/m1/s1. The third-order valence-corrected chi connectivity index (χ3v) is 5.69. The van der Waals surface area contributed by atoms with Crippen molar-refractivity contribution in [3.8, 4) is 0 Å². The average Bonchev–Trinajstić information content (AvgIpc) is 2.65. The van der Waals surface area contributed by atoms with Gasteiger partial charge >= 0.3 is 0 Å². The van der Waals surface area contributed by atoms with E-state index in [1.807, 2.05) is 36.2 Å². The molecule has 4 rings (SSSR count). The molecule has 0 aliphatic carbocycles. The zero-order chi connectivity index (χ0) is 18.9. The second-order valence-corrected chi connectivity index (χ2v) is 7.86. The molecule has 2 aliphatic rings. The van der Waals surface area contributed by atoms with Crippen LogP contribution in [0.4, 0.5) is 11.8 Å². The highest BCUT2D eigenvalue weighted by Crippen LogP contribution is 2.40. The molecule has 4 heterocycles. The van der Waals surface area contributed by atoms with Crippen LogP contribution in [-0.2, 0) is 11.3 Å². The van der Waals surface area contributed by atoms with E-state index in [2.05, 4.69) is 19.9 Å². The molecule has 7 heteroatoms. The van der Waals surface area contributed by atoms with Gasteiger partial charge in [0.25, 0.3) is 0 Å². The van der Waals surface area contributed by atoms with Crippen molar-refractivity contribution in [3.05, 3.63) is 41.9 Å². The van der Waals surface area contributed by atoms with Crippen LogP contribution in [0.15, 0.2) is 30.6 Å². The van der Waals surface area contributed by atoms with Gasteiger partial charge in [0.15, 0.2) is 0 Å². The third-order valence-electron chi connectivity index (χ3n) is 5.69. The molecule has 2 saturated heterocycles. The number of hydrogen-bond acceptors (Lipinski definition) is 6. The summed E-state index contributed by atoms with van der Waals surface area (Å²) in [6, 6.07) is 5.95. The second kappa shape index (κ2) is 7.13. The maximum absolute atomic E-state index is 12.5. The topological polar surface area (TPSA) is 88.2 Å². The number of rotatable bonds is 3. The van der Waals surface area contributed by atoms with Gasteiger partial charge in [-0.3, -0.25) is 9.78 Å². The van der Waals surface area contributed by atoms with Crippen LogP contribution in [0.5, 0.6) is 0 Å². The summed E-state index contributed by atoms with van der Waals surface area (Å²) in [5, 5.41) is 0. The fraction of sp³-hybridized carbons (Fsp3) is 0.500. The normalized spacial score (nSPS) is 23.1. The molecule has 0 unspecified atom stereocenters. The Hall–Kier alpha value is -2.70. The predicted octanol–water partition coefficient (Wildman–Crippen LogP) is 2.17. The van der Waals surface area contributed by atoms with Gasteiger partial charge in [-0.25, -0.2) is 4.98 Å². The second-order valence-electron chi connectivity index (χ2n) is 7.86. The van der Waals surface area contributed by atoms with Crippen molar-refractivity contribution in [2.75, 3.05) is 30.3 Å². The van der Waals surface area contributed by atoms with Crippen LogP contribution < -0.4 is 10.6 Å². The number of carbonyl (C=O) groups is 1. The Morgan fingerprint density at radius 3 is 2.93 bits per heavy atom. The Labute approximate surface area is 159 Å². The molecule has 0 saturated carbocycles. The summed E-state index contributed by atoms with van der Waals surface area (Å²) in [5.74, 6) is 1.46. The number of nitrogen functional groups attached to an aromatic ring is 1. The lowest BCUT2D eigenvalue weighted by molar-refractivity contribution is -0.138. The molecule has 0 bridgehead atoms. The van der Waals surface area contributed by atoms with Crippen LogP contribution in [0.25, 0.3) is 0 Å². The molecule has 7 nitrogen and oxygen atoms in total. The molecular formula is C20H26N6O. The SMILES string of the molecule is Cc1cc(N2CCC[C@@]3(CCC(=O)N(Cc4cccnc4)C3)C2)nc(N)n1. The number of hydrogen-bond donors (Lipinski definition) is 1. The predicted molar refractivity (Wildman–Crippen MR) is 104 cm³/mol. The molecule has 2 aliphatic heterocycles. The lowest BCUT2D eigenvalue weighted by Gasteiger charge is -2.48. The quantitative estimate of drug-likeness (QED) is 0.896. The minimum atomic E-state index is 0.113. The van der Waals surface area contributed by atoms with Gasteiger partial charge in [0.05, 0.1) is 0 Å². The summed E-state index contributed by atoms with van der Waals surface area (Å²) in [4.78, 5) is 29.6. The Morgan fingerprint density at radius 1 is 1.26 bits per heavy atom. The van der Waals surface area contributed by atoms with Crippen LogP contribution in [0.1, 0.15) is 36.9 Å². The van der Waals surface area contributed by atoms with E-state index in [1.54, 1.807) is 6.20 Å². The van der Waals surface area contributed by atoms with E-state index >= 15 is 0 Å². The summed E-state index contributed by atoms with van der Waals surface area (Å²) in [6.45, 7) is 5.23. The highest BCUT2D eigenvalue weighted by molar-refractivity contribution is 5.77. The van der Waals surface area contributed by atoms with E-state index in [1.165, 1.54) is 0 Å². The van der Waals surface area contributed by atoms with Crippen LogP contribution in [0.3, 0.4) is 0 Å². The van der Waals surface area contributed by atoms with E-state index in [4.69, 9.17) is 5.73 Å². The van der Waals surface area contributed by atoms with Crippen molar-refractivity contribution in [1.82, 2.24) is 19.9 Å². The van der Waals surface area contributed by atoms with E-state index in [9.17, 15) is 4.79 Å². The van der Waals surface area contributed by atoms with Crippen molar-refractivity contribution in [2.45, 2.75) is 39.2 Å². The number of amides is 1. The number of piperidine rings is 2. The monoisotopic (exact) mass is 366 g/mol. The maximum Gasteiger partial charge on any atom is 0.222 e. The zero-order valence-corrected chi connectivity index (χ0v) is 15.8. The minimum Gasteiger partial charge on any atom is -0.368 e. The smallest absolute Gasteiger partial charge is 0.222 e. The van der Waals surface area contributed by atoms with Crippen LogP contribution in [0.2, 0.25) is 0 Å². The number of aryl methyl sites for hydroxylation is 1. The molecule has 2 aromatic rings. The van der Waals surface area contributed by atoms with Crippen molar-refractivity contribution in [2.24, 2.45) is 5.41 Å². The summed E-state index contributed by atoms with van der Waals surface area (Å²) < 4.78 is 0. The fourth-order valence-electron chi connectivity index (χ4n) is 4.43. The van der Waals surface area contributed by atoms with Gasteiger partial charge < -0.3 is 15.5 Å². The van der Waals surface area contributed by atoms with E-state index in [0.717, 1.165) is 56.0 Å². The van der Waals surface area contributed by atoms with Gasteiger partial charge in [-0.2, -0.15) is 4.98 Å². The first-order chi connectivity index (χ1) is 13.0. The molecule has 1 amide bonds. The largest absolute Gasteiger partial charge is 0.368 e. The van der Waals surface area contributed by atoms with Crippen molar-refractivity contribution < 1.29 is 4.79 Å². The van der Waals surface area contributed by atoms with Gasteiger partial charge in [0.2, 0.25) is 11.9 Å². The van der Waals surface area contributed by atoms with Crippen LogP contribution in [0, 0.1) is 12.3 Å². The van der Waals surface area contributed by atoms with Crippen molar-refractivity contribution in [3.63, 3.8) is 0 Å². The fourth-order valence-corrected chi connectivity index (χ4v) is 4.43. The third kappa shape index (κ3) is 3.86. The first-order valence-corrected chi connectivity index (χ1v) is 9.56. The average molecular weight is 366 g/mol.